The molecule has 0 radical (unpaired) electrons. The van der Waals surface area contributed by atoms with Crippen molar-refractivity contribution in [1.29, 1.82) is 0 Å². The van der Waals surface area contributed by atoms with Gasteiger partial charge in [0.15, 0.2) is 0 Å². The number of hydrogen-bond acceptors (Lipinski definition) is 3. The van der Waals surface area contributed by atoms with Gasteiger partial charge in [0.1, 0.15) is 5.82 Å². The molecule has 0 bridgehead atoms. The Morgan fingerprint density at radius 2 is 1.71 bits per heavy atom. The van der Waals surface area contributed by atoms with Crippen LogP contribution in [0.2, 0.25) is 10.0 Å². The van der Waals surface area contributed by atoms with Crippen molar-refractivity contribution in [3.63, 3.8) is 0 Å². The summed E-state index contributed by atoms with van der Waals surface area (Å²) in [7, 11) is 0. The minimum atomic E-state index is -0.472. The van der Waals surface area contributed by atoms with Crippen molar-refractivity contribution >= 4 is 45.8 Å². The van der Waals surface area contributed by atoms with Gasteiger partial charge in [-0.05, 0) is 49.7 Å². The Hall–Kier alpha value is -3.35. The van der Waals surface area contributed by atoms with Crippen LogP contribution in [-0.2, 0) is 0 Å². The number of carbonyl (C=O) groups is 1. The molecule has 1 heterocycles. The summed E-state index contributed by atoms with van der Waals surface area (Å²) in [6.45, 7) is 4.23. The van der Waals surface area contributed by atoms with Gasteiger partial charge < -0.3 is 10.2 Å². The zero-order valence-electron chi connectivity index (χ0n) is 18.8. The Labute approximate surface area is 207 Å². The van der Waals surface area contributed by atoms with Crippen molar-refractivity contribution in [1.82, 2.24) is 14.5 Å². The van der Waals surface area contributed by atoms with E-state index in [4.69, 9.17) is 28.2 Å². The lowest BCUT2D eigenvalue weighted by Crippen LogP contribution is -2.40. The molecule has 0 spiro atoms. The normalized spacial score (nSPS) is 11.9. The zero-order valence-corrected chi connectivity index (χ0v) is 20.3. The van der Waals surface area contributed by atoms with Gasteiger partial charge in [-0.2, -0.15) is 0 Å². The monoisotopic (exact) mass is 494 g/mol. The number of nitrogens with zero attached hydrogens (tertiary/aromatic N) is 3. The maximum Gasteiger partial charge on any atom is 0.322 e. The molecule has 1 unspecified atom stereocenters. The van der Waals surface area contributed by atoms with Crippen molar-refractivity contribution in [2.45, 2.75) is 26.3 Å². The van der Waals surface area contributed by atoms with E-state index < -0.39 is 6.04 Å². The van der Waals surface area contributed by atoms with E-state index in [1.165, 1.54) is 0 Å². The van der Waals surface area contributed by atoms with Gasteiger partial charge in [0.2, 0.25) is 0 Å². The maximum absolute atomic E-state index is 13.6. The summed E-state index contributed by atoms with van der Waals surface area (Å²) in [6.07, 6.45) is 0.544. The highest BCUT2D eigenvalue weighted by molar-refractivity contribution is 6.43. The molecule has 3 aromatic carbocycles. The van der Waals surface area contributed by atoms with E-state index in [0.717, 1.165) is 0 Å². The summed E-state index contributed by atoms with van der Waals surface area (Å²) in [5.74, 6) is 0.492. The molecule has 4 aromatic rings. The smallest absolute Gasteiger partial charge is 0.315 e. The summed E-state index contributed by atoms with van der Waals surface area (Å²) < 4.78 is 1.60. The second-order valence-electron chi connectivity index (χ2n) is 7.70. The molecule has 0 aliphatic heterocycles. The molecule has 34 heavy (non-hydrogen) atoms. The molecule has 1 aromatic heterocycles. The third-order valence-electron chi connectivity index (χ3n) is 5.67. The van der Waals surface area contributed by atoms with Gasteiger partial charge >= 0.3 is 6.03 Å². The Kier molecular flexibility index (Phi) is 7.20. The predicted octanol–water partition coefficient (Wildman–Crippen LogP) is 6.70. The van der Waals surface area contributed by atoms with E-state index >= 15 is 0 Å². The highest BCUT2D eigenvalue weighted by Gasteiger charge is 2.28. The Balaban J connectivity index is 1.84. The highest BCUT2D eigenvalue weighted by Crippen LogP contribution is 2.31. The Morgan fingerprint density at radius 3 is 2.41 bits per heavy atom. The molecular weight excluding hydrogens is 471 g/mol. The van der Waals surface area contributed by atoms with Gasteiger partial charge in [0.25, 0.3) is 5.56 Å². The van der Waals surface area contributed by atoms with Crippen molar-refractivity contribution in [3.8, 4) is 5.69 Å². The molecule has 0 aliphatic carbocycles. The van der Waals surface area contributed by atoms with Crippen molar-refractivity contribution in [2.24, 2.45) is 0 Å². The standard InChI is InChI=1S/C26H24Cl2N4O2/c1-3-22(31(4-2)26(34)30-21-16-10-14-19(27)23(21)28)24-29-20-15-9-8-13-18(20)25(33)32(24)17-11-6-5-7-12-17/h5-16,22H,3-4H2,1-2H3,(H,30,34). The molecule has 8 heteroatoms. The summed E-state index contributed by atoms with van der Waals surface area (Å²) in [4.78, 5) is 33.5. The van der Waals surface area contributed by atoms with Crippen LogP contribution in [0.3, 0.4) is 0 Å². The number of anilines is 1. The minimum absolute atomic E-state index is 0.181. The third kappa shape index (κ3) is 4.52. The topological polar surface area (TPSA) is 67.2 Å². The number of amides is 2. The molecule has 1 atom stereocenters. The average Bonchev–Trinajstić information content (AvgIpc) is 2.85. The largest absolute Gasteiger partial charge is 0.322 e. The van der Waals surface area contributed by atoms with E-state index in [1.54, 1.807) is 33.7 Å². The van der Waals surface area contributed by atoms with Crippen LogP contribution < -0.4 is 10.9 Å². The lowest BCUT2D eigenvalue weighted by atomic mass is 10.1. The molecule has 174 valence electrons. The maximum atomic E-state index is 13.6. The number of halogens is 2. The van der Waals surface area contributed by atoms with E-state index in [1.807, 2.05) is 62.4 Å². The first-order chi connectivity index (χ1) is 16.5. The average molecular weight is 495 g/mol. The SMILES string of the molecule is CCC(c1nc2ccccc2c(=O)n1-c1ccccc1)N(CC)C(=O)Nc1cccc(Cl)c1Cl. The van der Waals surface area contributed by atoms with Gasteiger partial charge in [0, 0.05) is 6.54 Å². The van der Waals surface area contributed by atoms with Crippen LogP contribution in [0.25, 0.3) is 16.6 Å². The zero-order chi connectivity index (χ0) is 24.2. The first kappa shape index (κ1) is 23.8. The number of carbonyl (C=O) groups excluding carboxylic acids is 1. The first-order valence-electron chi connectivity index (χ1n) is 11.0. The van der Waals surface area contributed by atoms with Crippen LogP contribution in [0.1, 0.15) is 32.1 Å². The summed E-state index contributed by atoms with van der Waals surface area (Å²) >= 11 is 12.4. The quantitative estimate of drug-likeness (QED) is 0.324. The second kappa shape index (κ2) is 10.3. The van der Waals surface area contributed by atoms with Crippen LogP contribution in [0.15, 0.2) is 77.6 Å². The fourth-order valence-corrected chi connectivity index (χ4v) is 4.38. The number of rotatable bonds is 6. The second-order valence-corrected chi connectivity index (χ2v) is 8.49. The molecular formula is C26H24Cl2N4O2. The lowest BCUT2D eigenvalue weighted by molar-refractivity contribution is 0.185. The third-order valence-corrected chi connectivity index (χ3v) is 6.49. The van der Waals surface area contributed by atoms with Crippen LogP contribution in [0.5, 0.6) is 0 Å². The van der Waals surface area contributed by atoms with Crippen LogP contribution in [-0.4, -0.2) is 27.0 Å². The fourth-order valence-electron chi connectivity index (χ4n) is 4.04. The van der Waals surface area contributed by atoms with Gasteiger partial charge in [-0.3, -0.25) is 9.36 Å². The van der Waals surface area contributed by atoms with Gasteiger partial charge in [-0.25, -0.2) is 9.78 Å². The number of hydrogen-bond donors (Lipinski definition) is 1. The molecule has 1 N–H and O–H groups in total. The van der Waals surface area contributed by atoms with E-state index in [2.05, 4.69) is 5.32 Å². The van der Waals surface area contributed by atoms with E-state index in [0.29, 0.717) is 46.1 Å². The Bertz CT molecular complexity index is 1390. The molecule has 6 nitrogen and oxygen atoms in total. The number of para-hydroxylation sites is 2. The number of benzene rings is 3. The molecule has 4 rings (SSSR count). The lowest BCUT2D eigenvalue weighted by Gasteiger charge is -2.31. The molecule has 0 saturated heterocycles. The van der Waals surface area contributed by atoms with Gasteiger partial charge in [0.05, 0.1) is 38.4 Å². The van der Waals surface area contributed by atoms with Crippen LogP contribution in [0, 0.1) is 0 Å². The summed E-state index contributed by atoms with van der Waals surface area (Å²) in [5.41, 5.74) is 1.51. The highest BCUT2D eigenvalue weighted by atomic mass is 35.5. The first-order valence-corrected chi connectivity index (χ1v) is 11.8. The van der Waals surface area contributed by atoms with E-state index in [-0.39, 0.29) is 16.6 Å². The number of fused-ring (bicyclic) bond motifs is 1. The van der Waals surface area contributed by atoms with Crippen molar-refractivity contribution in [2.75, 3.05) is 11.9 Å². The molecule has 0 saturated carbocycles. The summed E-state index contributed by atoms with van der Waals surface area (Å²) in [6, 6.07) is 20.8. The van der Waals surface area contributed by atoms with Gasteiger partial charge in [-0.15, -0.1) is 0 Å². The number of aromatic nitrogens is 2. The van der Waals surface area contributed by atoms with Crippen molar-refractivity contribution < 1.29 is 4.79 Å². The minimum Gasteiger partial charge on any atom is -0.315 e. The Morgan fingerprint density at radius 1 is 1.00 bits per heavy atom. The van der Waals surface area contributed by atoms with Crippen LogP contribution in [0.4, 0.5) is 10.5 Å². The fraction of sp³-hybridized carbons (Fsp3) is 0.192. The van der Waals surface area contributed by atoms with Crippen LogP contribution >= 0.6 is 23.2 Å². The van der Waals surface area contributed by atoms with E-state index in [9.17, 15) is 9.59 Å². The number of urea groups is 1. The molecule has 2 amide bonds. The summed E-state index contributed by atoms with van der Waals surface area (Å²) in [5, 5.41) is 3.99. The number of nitrogens with one attached hydrogen (secondary N) is 1. The molecule has 0 fully saturated rings. The predicted molar refractivity (Wildman–Crippen MR) is 138 cm³/mol. The molecule has 0 aliphatic rings. The van der Waals surface area contributed by atoms with Gasteiger partial charge in [-0.1, -0.05) is 66.5 Å². The van der Waals surface area contributed by atoms with Crippen molar-refractivity contribution in [3.05, 3.63) is 99.0 Å².